The third kappa shape index (κ3) is 14.1. The van der Waals surface area contributed by atoms with E-state index < -0.39 is 102 Å². The van der Waals surface area contributed by atoms with E-state index in [4.69, 9.17) is 16.2 Å². The van der Waals surface area contributed by atoms with Crippen molar-refractivity contribution in [3.05, 3.63) is 71.8 Å². The summed E-state index contributed by atoms with van der Waals surface area (Å²) < 4.78 is 5.78. The van der Waals surface area contributed by atoms with Gasteiger partial charge >= 0.3 is 5.97 Å². The number of carbonyl (C=O) groups is 9. The Labute approximate surface area is 353 Å². The number of amides is 8. The Morgan fingerprint density at radius 3 is 1.90 bits per heavy atom. The van der Waals surface area contributed by atoms with E-state index in [2.05, 4.69) is 26.6 Å². The van der Waals surface area contributed by atoms with Crippen molar-refractivity contribution in [1.29, 1.82) is 0 Å². The summed E-state index contributed by atoms with van der Waals surface area (Å²) in [5.41, 5.74) is 12.3. The summed E-state index contributed by atoms with van der Waals surface area (Å²) in [7, 11) is 0. The number of aliphatic carboxylic acids is 1. The zero-order valence-corrected chi connectivity index (χ0v) is 34.3. The van der Waals surface area contributed by atoms with Crippen LogP contribution in [0.4, 0.5) is 0 Å². The van der Waals surface area contributed by atoms with Gasteiger partial charge in [-0.05, 0) is 42.7 Å². The molecule has 4 rings (SSSR count). The van der Waals surface area contributed by atoms with Crippen LogP contribution in [0.15, 0.2) is 60.7 Å². The highest BCUT2D eigenvalue weighted by molar-refractivity contribution is 5.96. The van der Waals surface area contributed by atoms with Gasteiger partial charge in [-0.1, -0.05) is 80.9 Å². The summed E-state index contributed by atoms with van der Waals surface area (Å²) in [6, 6.07) is 10.7. The molecular formula is C42H56N8O11. The minimum Gasteiger partial charge on any atom is -0.480 e. The molecule has 2 aliphatic rings. The standard InChI is InChI=1S/C42H56N8O11/c1-3-24(2)36(40(57)47-28(37(44)54)20-25-12-6-4-7-13-25)49-39(56)31-23-61-35-19-18-27(41(58)50(31)35)45-33(52)16-10-11-17-34(53)46-29(22-32(43)51)38(55)48-30(42(59)60)21-26-14-8-5-9-15-26/h4-9,12-15,24,27-31,35-36H,3,10-11,16-23H2,1-2H3,(H2,43,51)(H2,44,54)(H,45,52)(H,46,53)(H,47,57)(H,48,55)(H,49,56)(H,59,60)/t24-,27-,28-,29-,30-,31-,35-,36-/m0/s1. The van der Waals surface area contributed by atoms with E-state index in [0.29, 0.717) is 18.4 Å². The topological polar surface area (TPSA) is 299 Å². The molecule has 330 valence electrons. The first-order valence-electron chi connectivity index (χ1n) is 20.4. The van der Waals surface area contributed by atoms with Crippen molar-refractivity contribution in [3.8, 4) is 0 Å². The molecule has 2 aliphatic heterocycles. The lowest BCUT2D eigenvalue weighted by molar-refractivity contribution is -0.150. The number of ether oxygens (including phenoxy) is 1. The van der Waals surface area contributed by atoms with Gasteiger partial charge < -0.3 is 52.8 Å². The van der Waals surface area contributed by atoms with Crippen molar-refractivity contribution >= 4 is 53.2 Å². The van der Waals surface area contributed by atoms with Crippen molar-refractivity contribution in [2.45, 2.75) is 121 Å². The van der Waals surface area contributed by atoms with Crippen molar-refractivity contribution < 1.29 is 53.0 Å². The molecule has 0 bridgehead atoms. The van der Waals surface area contributed by atoms with Gasteiger partial charge in [0.05, 0.1) is 13.0 Å². The summed E-state index contributed by atoms with van der Waals surface area (Å²) in [5.74, 6) is -7.08. The SMILES string of the molecule is CC[C@H](C)[C@H](NC(=O)[C@@H]1CO[C@H]2CC[C@H](NC(=O)CCCCC(=O)N[C@@H](CC(N)=O)C(=O)N[C@@H](Cc3ccccc3)C(=O)O)C(=O)N21)C(=O)N[C@@H](Cc1ccccc1)C(N)=O. The number of nitrogens with zero attached hydrogens (tertiary/aromatic N) is 1. The van der Waals surface area contributed by atoms with Gasteiger partial charge in [-0.2, -0.15) is 0 Å². The maximum atomic E-state index is 13.7. The van der Waals surface area contributed by atoms with Crippen LogP contribution in [0.2, 0.25) is 0 Å². The van der Waals surface area contributed by atoms with Crippen LogP contribution in [0.1, 0.15) is 76.3 Å². The van der Waals surface area contributed by atoms with E-state index in [9.17, 15) is 48.3 Å². The van der Waals surface area contributed by atoms with Crippen LogP contribution < -0.4 is 38.1 Å². The summed E-state index contributed by atoms with van der Waals surface area (Å²) in [6.07, 6.45) is 0.112. The number of fused-ring (bicyclic) bond motifs is 1. The minimum absolute atomic E-state index is 0.0355. The molecule has 61 heavy (non-hydrogen) atoms. The summed E-state index contributed by atoms with van der Waals surface area (Å²) in [6.45, 7) is 3.48. The van der Waals surface area contributed by atoms with Crippen molar-refractivity contribution in [1.82, 2.24) is 31.5 Å². The Bertz CT molecular complexity index is 1900. The van der Waals surface area contributed by atoms with Crippen LogP contribution in [0.25, 0.3) is 0 Å². The monoisotopic (exact) mass is 848 g/mol. The van der Waals surface area contributed by atoms with Crippen molar-refractivity contribution in [2.75, 3.05) is 6.61 Å². The Balaban J connectivity index is 1.26. The van der Waals surface area contributed by atoms with Gasteiger partial charge in [0.2, 0.25) is 47.3 Å². The second kappa shape index (κ2) is 22.8. The van der Waals surface area contributed by atoms with Gasteiger partial charge in [0.15, 0.2) is 0 Å². The number of rotatable bonds is 23. The van der Waals surface area contributed by atoms with E-state index in [1.807, 2.05) is 13.0 Å². The number of hydrogen-bond donors (Lipinski definition) is 8. The van der Waals surface area contributed by atoms with Crippen LogP contribution >= 0.6 is 0 Å². The number of piperidine rings is 1. The second-order valence-electron chi connectivity index (χ2n) is 15.4. The number of hydrogen-bond acceptors (Lipinski definition) is 10. The fourth-order valence-electron chi connectivity index (χ4n) is 7.15. The number of benzene rings is 2. The predicted molar refractivity (Wildman–Crippen MR) is 218 cm³/mol. The number of unbranched alkanes of at least 4 members (excludes halogenated alkanes) is 1. The molecule has 2 aromatic rings. The van der Waals surface area contributed by atoms with Crippen LogP contribution in [-0.4, -0.2) is 112 Å². The fraction of sp³-hybridized carbons (Fsp3) is 0.500. The zero-order chi connectivity index (χ0) is 44.6. The van der Waals surface area contributed by atoms with Crippen molar-refractivity contribution in [3.63, 3.8) is 0 Å². The molecule has 19 heteroatoms. The van der Waals surface area contributed by atoms with Crippen LogP contribution in [0.5, 0.6) is 0 Å². The summed E-state index contributed by atoms with van der Waals surface area (Å²) in [4.78, 5) is 117. The number of nitrogens with one attached hydrogen (secondary N) is 5. The molecule has 0 radical (unpaired) electrons. The number of carboxylic acid groups (broad SMARTS) is 1. The molecule has 10 N–H and O–H groups in total. The molecule has 0 unspecified atom stereocenters. The highest BCUT2D eigenvalue weighted by Gasteiger charge is 2.48. The maximum absolute atomic E-state index is 13.7. The molecule has 8 atom stereocenters. The number of primary amides is 2. The molecule has 2 heterocycles. The fourth-order valence-corrected chi connectivity index (χ4v) is 7.15. The molecule has 0 aromatic heterocycles. The molecule has 2 saturated heterocycles. The maximum Gasteiger partial charge on any atom is 0.326 e. The third-order valence-corrected chi connectivity index (χ3v) is 10.7. The van der Waals surface area contributed by atoms with Crippen LogP contribution in [0.3, 0.4) is 0 Å². The lowest BCUT2D eigenvalue weighted by Gasteiger charge is -2.36. The Morgan fingerprint density at radius 1 is 0.770 bits per heavy atom. The second-order valence-corrected chi connectivity index (χ2v) is 15.4. The molecule has 0 aliphatic carbocycles. The summed E-state index contributed by atoms with van der Waals surface area (Å²) >= 11 is 0. The first-order chi connectivity index (χ1) is 29.1. The highest BCUT2D eigenvalue weighted by Crippen LogP contribution is 2.28. The zero-order valence-electron chi connectivity index (χ0n) is 34.3. The average Bonchev–Trinajstić information content (AvgIpc) is 3.67. The first-order valence-corrected chi connectivity index (χ1v) is 20.4. The van der Waals surface area contributed by atoms with Gasteiger partial charge in [-0.15, -0.1) is 0 Å². The number of carbonyl (C=O) groups excluding carboxylic acids is 8. The molecule has 8 amide bonds. The van der Waals surface area contributed by atoms with Gasteiger partial charge in [-0.25, -0.2) is 4.79 Å². The van der Waals surface area contributed by atoms with E-state index in [1.54, 1.807) is 61.5 Å². The van der Waals surface area contributed by atoms with Crippen LogP contribution in [-0.2, 0) is 60.7 Å². The van der Waals surface area contributed by atoms with E-state index >= 15 is 0 Å². The predicted octanol–water partition coefficient (Wildman–Crippen LogP) is -0.705. The molecule has 0 saturated carbocycles. The average molecular weight is 849 g/mol. The smallest absolute Gasteiger partial charge is 0.326 e. The Kier molecular flexibility index (Phi) is 17.7. The van der Waals surface area contributed by atoms with Gasteiger partial charge in [-0.3, -0.25) is 38.4 Å². The molecule has 2 aromatic carbocycles. The lowest BCUT2D eigenvalue weighted by atomic mass is 9.96. The lowest BCUT2D eigenvalue weighted by Crippen LogP contribution is -2.62. The number of nitrogens with two attached hydrogens (primary N) is 2. The van der Waals surface area contributed by atoms with E-state index in [0.717, 1.165) is 5.56 Å². The third-order valence-electron chi connectivity index (χ3n) is 10.7. The van der Waals surface area contributed by atoms with Gasteiger partial charge in [0.1, 0.15) is 42.5 Å². The van der Waals surface area contributed by atoms with E-state index in [1.165, 1.54) is 4.90 Å². The largest absolute Gasteiger partial charge is 0.480 e. The molecule has 2 fully saturated rings. The molecular weight excluding hydrogens is 793 g/mol. The normalized spacial score (nSPS) is 19.5. The minimum atomic E-state index is -1.43. The Hall–Kier alpha value is -6.37. The molecule has 0 spiro atoms. The Morgan fingerprint density at radius 2 is 1.34 bits per heavy atom. The van der Waals surface area contributed by atoms with Crippen LogP contribution in [0, 0.1) is 5.92 Å². The quantitative estimate of drug-likeness (QED) is 0.0647. The van der Waals surface area contributed by atoms with Gasteiger partial charge in [0, 0.05) is 25.7 Å². The van der Waals surface area contributed by atoms with Crippen molar-refractivity contribution in [2.24, 2.45) is 17.4 Å². The van der Waals surface area contributed by atoms with E-state index in [-0.39, 0.29) is 57.5 Å². The van der Waals surface area contributed by atoms with Gasteiger partial charge in [0.25, 0.3) is 0 Å². The number of carboxylic acids is 1. The highest BCUT2D eigenvalue weighted by atomic mass is 16.5. The first kappa shape index (κ1) is 47.3. The molecule has 19 nitrogen and oxygen atoms in total. The summed E-state index contributed by atoms with van der Waals surface area (Å²) in [5, 5.41) is 22.6.